The highest BCUT2D eigenvalue weighted by molar-refractivity contribution is 8.26. The summed E-state index contributed by atoms with van der Waals surface area (Å²) in [7, 11) is 0. The summed E-state index contributed by atoms with van der Waals surface area (Å²) in [5.41, 5.74) is 1.44. The van der Waals surface area contributed by atoms with Gasteiger partial charge in [-0.05, 0) is 42.8 Å². The highest BCUT2D eigenvalue weighted by Crippen LogP contribution is 2.36. The van der Waals surface area contributed by atoms with Gasteiger partial charge in [-0.15, -0.1) is 0 Å². The van der Waals surface area contributed by atoms with Gasteiger partial charge in [-0.3, -0.25) is 19.3 Å². The molecule has 2 saturated heterocycles. The predicted molar refractivity (Wildman–Crippen MR) is 129 cm³/mol. The first-order valence-electron chi connectivity index (χ1n) is 10.1. The minimum atomic E-state index is -0.939. The summed E-state index contributed by atoms with van der Waals surface area (Å²) >= 11 is 6.50. The molecular weight excluding hydrogens is 444 g/mol. The molecule has 1 unspecified atom stereocenters. The van der Waals surface area contributed by atoms with E-state index in [2.05, 4.69) is 0 Å². The number of hydrogen-bond donors (Lipinski definition) is 0. The lowest BCUT2D eigenvalue weighted by atomic mass is 10.2. The molecule has 3 amide bonds. The van der Waals surface area contributed by atoms with Crippen LogP contribution >= 0.6 is 24.0 Å². The van der Waals surface area contributed by atoms with Crippen LogP contribution in [0.25, 0.3) is 6.08 Å². The molecule has 4 rings (SSSR count). The molecule has 0 aliphatic carbocycles. The highest BCUT2D eigenvalue weighted by atomic mass is 32.2. The van der Waals surface area contributed by atoms with E-state index in [-0.39, 0.29) is 22.6 Å². The Kier molecular flexibility index (Phi) is 6.53. The van der Waals surface area contributed by atoms with E-state index >= 15 is 0 Å². The van der Waals surface area contributed by atoms with E-state index < -0.39 is 11.9 Å². The third-order valence-corrected chi connectivity index (χ3v) is 6.35. The van der Waals surface area contributed by atoms with Gasteiger partial charge in [0.1, 0.15) is 16.1 Å². The van der Waals surface area contributed by atoms with E-state index in [9.17, 15) is 14.4 Å². The van der Waals surface area contributed by atoms with E-state index in [0.29, 0.717) is 22.9 Å². The van der Waals surface area contributed by atoms with Crippen molar-refractivity contribution in [2.24, 2.45) is 0 Å². The lowest BCUT2D eigenvalue weighted by Crippen LogP contribution is -2.44. The Morgan fingerprint density at radius 3 is 2.50 bits per heavy atom. The zero-order valence-corrected chi connectivity index (χ0v) is 18.9. The van der Waals surface area contributed by atoms with Gasteiger partial charge in [0.25, 0.3) is 11.8 Å². The fourth-order valence-corrected chi connectivity index (χ4v) is 4.83. The first-order chi connectivity index (χ1) is 15.5. The number of benzene rings is 2. The Bertz CT molecular complexity index is 1130. The second-order valence-corrected chi connectivity index (χ2v) is 8.73. The van der Waals surface area contributed by atoms with Crippen molar-refractivity contribution >= 4 is 57.8 Å². The number of nitrogens with zero attached hydrogens (tertiary/aromatic N) is 2. The first-order valence-corrected chi connectivity index (χ1v) is 11.3. The fourth-order valence-electron chi connectivity index (χ4n) is 3.52. The molecule has 2 aromatic carbocycles. The lowest BCUT2D eigenvalue weighted by molar-refractivity contribution is -0.130. The topological polar surface area (TPSA) is 66.9 Å². The van der Waals surface area contributed by atoms with Gasteiger partial charge in [-0.2, -0.15) is 0 Å². The summed E-state index contributed by atoms with van der Waals surface area (Å²) in [6.07, 6.45) is 5.23. The number of rotatable bonds is 6. The largest absolute Gasteiger partial charge is 0.494 e. The number of allylic oxidation sites excluding steroid dienone is 2. The Hall–Kier alpha value is -3.23. The number of imide groups is 1. The van der Waals surface area contributed by atoms with Crippen LogP contribution in [-0.4, -0.2) is 39.6 Å². The van der Waals surface area contributed by atoms with Crippen LogP contribution < -0.4 is 9.64 Å². The minimum Gasteiger partial charge on any atom is -0.494 e. The zero-order chi connectivity index (χ0) is 22.7. The van der Waals surface area contributed by atoms with Gasteiger partial charge in [-0.1, -0.05) is 66.5 Å². The molecule has 0 saturated carbocycles. The van der Waals surface area contributed by atoms with Crippen molar-refractivity contribution in [1.82, 2.24) is 4.90 Å². The van der Waals surface area contributed by atoms with Crippen molar-refractivity contribution < 1.29 is 19.1 Å². The molecule has 1 atom stereocenters. The van der Waals surface area contributed by atoms with Crippen LogP contribution in [0.4, 0.5) is 5.69 Å². The summed E-state index contributed by atoms with van der Waals surface area (Å²) in [6, 6.07) is 15.5. The van der Waals surface area contributed by atoms with Gasteiger partial charge in [0.05, 0.1) is 23.6 Å². The minimum absolute atomic E-state index is 0.106. The van der Waals surface area contributed by atoms with Gasteiger partial charge >= 0.3 is 0 Å². The van der Waals surface area contributed by atoms with Crippen molar-refractivity contribution in [3.8, 4) is 5.75 Å². The van der Waals surface area contributed by atoms with Crippen LogP contribution in [0.1, 0.15) is 18.9 Å². The maximum atomic E-state index is 13.1. The first kappa shape index (κ1) is 22.0. The molecule has 0 aromatic heterocycles. The Balaban J connectivity index is 1.51. The molecular formula is C24H20N2O4S2. The number of ether oxygens (including phenoxy) is 1. The SMILES string of the molecule is CCOc1ccc(N2C(=O)CC(N3C(=O)/C(=C/C=C/c4ccccc4)SC3=S)C2=O)cc1. The maximum absolute atomic E-state index is 13.1. The summed E-state index contributed by atoms with van der Waals surface area (Å²) in [4.78, 5) is 41.5. The average molecular weight is 465 g/mol. The number of hydrogen-bond acceptors (Lipinski definition) is 6. The average Bonchev–Trinajstić information content (AvgIpc) is 3.23. The van der Waals surface area contributed by atoms with E-state index in [0.717, 1.165) is 22.2 Å². The number of anilines is 1. The molecule has 32 heavy (non-hydrogen) atoms. The van der Waals surface area contributed by atoms with E-state index in [1.54, 1.807) is 36.4 Å². The Morgan fingerprint density at radius 1 is 1.09 bits per heavy atom. The summed E-state index contributed by atoms with van der Waals surface area (Å²) in [6.45, 7) is 2.39. The van der Waals surface area contributed by atoms with Gasteiger partial charge < -0.3 is 4.74 Å². The molecule has 0 spiro atoms. The van der Waals surface area contributed by atoms with E-state index in [4.69, 9.17) is 17.0 Å². The van der Waals surface area contributed by atoms with Crippen LogP contribution in [0.15, 0.2) is 71.7 Å². The lowest BCUT2D eigenvalue weighted by Gasteiger charge is -2.21. The smallest absolute Gasteiger partial charge is 0.266 e. The van der Waals surface area contributed by atoms with E-state index in [1.165, 1.54) is 4.90 Å². The van der Waals surface area contributed by atoms with Crippen LogP contribution in [0, 0.1) is 0 Å². The second kappa shape index (κ2) is 9.50. The van der Waals surface area contributed by atoms with Crippen LogP contribution in [0.2, 0.25) is 0 Å². The molecule has 2 aliphatic heterocycles. The number of carbonyl (C=O) groups is 3. The van der Waals surface area contributed by atoms with Crippen molar-refractivity contribution in [2.45, 2.75) is 19.4 Å². The van der Waals surface area contributed by atoms with Crippen molar-refractivity contribution in [2.75, 3.05) is 11.5 Å². The number of thiocarbonyl (C=S) groups is 1. The molecule has 0 bridgehead atoms. The fraction of sp³-hybridized carbons (Fsp3) is 0.167. The monoisotopic (exact) mass is 464 g/mol. The normalized spacial score (nSPS) is 20.3. The van der Waals surface area contributed by atoms with Gasteiger partial charge in [0.15, 0.2) is 0 Å². The molecule has 0 N–H and O–H groups in total. The molecule has 8 heteroatoms. The summed E-state index contributed by atoms with van der Waals surface area (Å²) < 4.78 is 5.68. The van der Waals surface area contributed by atoms with Crippen LogP contribution in [0.3, 0.4) is 0 Å². The zero-order valence-electron chi connectivity index (χ0n) is 17.3. The van der Waals surface area contributed by atoms with E-state index in [1.807, 2.05) is 43.3 Å². The molecule has 2 fully saturated rings. The third-order valence-electron chi connectivity index (χ3n) is 5.00. The standard InChI is InChI=1S/C24H20N2O4S2/c1-2-30-18-13-11-17(12-14-18)25-21(27)15-19(22(25)28)26-23(29)20(32-24(26)31)10-6-9-16-7-4-3-5-8-16/h3-14,19H,2,15H2,1H3/b9-6+,20-10-. The quantitative estimate of drug-likeness (QED) is 0.363. The van der Waals surface area contributed by atoms with Crippen molar-refractivity contribution in [1.29, 1.82) is 0 Å². The van der Waals surface area contributed by atoms with Crippen molar-refractivity contribution in [3.63, 3.8) is 0 Å². The third kappa shape index (κ3) is 4.37. The summed E-state index contributed by atoms with van der Waals surface area (Å²) in [5, 5.41) is 0. The molecule has 2 aromatic rings. The Labute approximate surface area is 195 Å². The number of amides is 3. The molecule has 0 radical (unpaired) electrons. The predicted octanol–water partition coefficient (Wildman–Crippen LogP) is 4.17. The summed E-state index contributed by atoms with van der Waals surface area (Å²) in [5.74, 6) is -0.544. The van der Waals surface area contributed by atoms with Gasteiger partial charge in [-0.25, -0.2) is 4.90 Å². The van der Waals surface area contributed by atoms with Crippen molar-refractivity contribution in [3.05, 3.63) is 77.2 Å². The van der Waals surface area contributed by atoms with Gasteiger partial charge in [0, 0.05) is 0 Å². The maximum Gasteiger partial charge on any atom is 0.266 e. The second-order valence-electron chi connectivity index (χ2n) is 7.06. The van der Waals surface area contributed by atoms with Crippen LogP contribution in [-0.2, 0) is 14.4 Å². The highest BCUT2D eigenvalue weighted by Gasteiger charge is 2.48. The number of carbonyl (C=O) groups excluding carboxylic acids is 3. The molecule has 2 heterocycles. The van der Waals surface area contributed by atoms with Gasteiger partial charge in [0.2, 0.25) is 5.91 Å². The molecule has 2 aliphatic rings. The number of thioether (sulfide) groups is 1. The molecule has 162 valence electrons. The molecule has 6 nitrogen and oxygen atoms in total. The van der Waals surface area contributed by atoms with Crippen LogP contribution in [0.5, 0.6) is 5.75 Å². The Morgan fingerprint density at radius 2 is 1.81 bits per heavy atom.